The van der Waals surface area contributed by atoms with E-state index in [9.17, 15) is 0 Å². The molecule has 2 aliphatic rings. The van der Waals surface area contributed by atoms with Crippen molar-refractivity contribution in [1.29, 1.82) is 0 Å². The summed E-state index contributed by atoms with van der Waals surface area (Å²) >= 11 is 0. The normalized spacial score (nSPS) is 15.7. The molecule has 2 N–H and O–H groups in total. The summed E-state index contributed by atoms with van der Waals surface area (Å²) < 4.78 is 5.27. The lowest BCUT2D eigenvalue weighted by Gasteiger charge is -2.26. The molecule has 22 heavy (non-hydrogen) atoms. The van der Waals surface area contributed by atoms with Gasteiger partial charge in [0.1, 0.15) is 24.8 Å². The minimum atomic E-state index is 0.403. The molecule has 0 atom stereocenters. The Morgan fingerprint density at radius 3 is 3.05 bits per heavy atom. The zero-order valence-electron chi connectivity index (χ0n) is 12.1. The SMILES string of the molecule is COc1ccc2c(c1)=C(N)N(c1cccc3c1COO3)CN=2. The summed E-state index contributed by atoms with van der Waals surface area (Å²) in [5.74, 6) is 2.12. The van der Waals surface area contributed by atoms with Gasteiger partial charge in [-0.3, -0.25) is 4.99 Å². The maximum atomic E-state index is 6.39. The van der Waals surface area contributed by atoms with E-state index in [0.29, 0.717) is 19.1 Å². The van der Waals surface area contributed by atoms with Crippen molar-refractivity contribution in [1.82, 2.24) is 0 Å². The lowest BCUT2D eigenvalue weighted by atomic mass is 10.1. The van der Waals surface area contributed by atoms with Gasteiger partial charge in [-0.05, 0) is 30.3 Å². The zero-order chi connectivity index (χ0) is 15.1. The van der Waals surface area contributed by atoms with Gasteiger partial charge in [0, 0.05) is 5.22 Å². The largest absolute Gasteiger partial charge is 0.497 e. The molecule has 2 aliphatic heterocycles. The molecule has 0 bridgehead atoms. The van der Waals surface area contributed by atoms with Crippen molar-refractivity contribution in [2.24, 2.45) is 10.7 Å². The second-order valence-electron chi connectivity index (χ2n) is 5.10. The third-order valence-electron chi connectivity index (χ3n) is 3.90. The molecule has 0 radical (unpaired) electrons. The van der Waals surface area contributed by atoms with Crippen LogP contribution in [0, 0.1) is 0 Å². The first-order valence-electron chi connectivity index (χ1n) is 6.95. The molecule has 0 spiro atoms. The van der Waals surface area contributed by atoms with Crippen LogP contribution in [-0.4, -0.2) is 13.8 Å². The molecule has 0 saturated heterocycles. The molecule has 6 heteroatoms. The fourth-order valence-electron chi connectivity index (χ4n) is 2.74. The molecule has 112 valence electrons. The minimum Gasteiger partial charge on any atom is -0.497 e. The summed E-state index contributed by atoms with van der Waals surface area (Å²) in [5, 5.41) is 1.73. The highest BCUT2D eigenvalue weighted by atomic mass is 17.2. The van der Waals surface area contributed by atoms with Gasteiger partial charge in [0.25, 0.3) is 0 Å². The van der Waals surface area contributed by atoms with Crippen molar-refractivity contribution in [3.8, 4) is 11.5 Å². The molecule has 2 aromatic rings. The lowest BCUT2D eigenvalue weighted by molar-refractivity contribution is -0.194. The predicted molar refractivity (Wildman–Crippen MR) is 80.6 cm³/mol. The van der Waals surface area contributed by atoms with Gasteiger partial charge in [-0.15, -0.1) is 0 Å². The Labute approximate surface area is 127 Å². The number of benzene rings is 2. The van der Waals surface area contributed by atoms with Crippen LogP contribution in [0.15, 0.2) is 41.4 Å². The first-order valence-corrected chi connectivity index (χ1v) is 6.95. The van der Waals surface area contributed by atoms with E-state index < -0.39 is 0 Å². The van der Waals surface area contributed by atoms with E-state index in [4.69, 9.17) is 20.2 Å². The minimum absolute atomic E-state index is 0.403. The zero-order valence-corrected chi connectivity index (χ0v) is 12.1. The molecular weight excluding hydrogens is 282 g/mol. The van der Waals surface area contributed by atoms with Crippen molar-refractivity contribution in [2.45, 2.75) is 6.61 Å². The van der Waals surface area contributed by atoms with Crippen LogP contribution < -0.4 is 30.8 Å². The average Bonchev–Trinajstić information content (AvgIpc) is 3.04. The average molecular weight is 297 g/mol. The second kappa shape index (κ2) is 4.92. The maximum Gasteiger partial charge on any atom is 0.173 e. The first-order chi connectivity index (χ1) is 10.8. The van der Waals surface area contributed by atoms with Crippen molar-refractivity contribution < 1.29 is 14.5 Å². The van der Waals surface area contributed by atoms with Crippen molar-refractivity contribution in [3.05, 3.63) is 52.5 Å². The van der Waals surface area contributed by atoms with E-state index >= 15 is 0 Å². The number of ether oxygens (including phenoxy) is 1. The number of nitrogens with zero attached hydrogens (tertiary/aromatic N) is 2. The van der Waals surface area contributed by atoms with Crippen LogP contribution in [0.4, 0.5) is 5.69 Å². The molecule has 0 unspecified atom stereocenters. The summed E-state index contributed by atoms with van der Waals surface area (Å²) in [5.41, 5.74) is 8.31. The van der Waals surface area contributed by atoms with E-state index in [-0.39, 0.29) is 0 Å². The van der Waals surface area contributed by atoms with Crippen molar-refractivity contribution in [2.75, 3.05) is 18.7 Å². The van der Waals surface area contributed by atoms with Gasteiger partial charge in [0.2, 0.25) is 0 Å². The Bertz CT molecular complexity index is 863. The second-order valence-corrected chi connectivity index (χ2v) is 5.10. The molecule has 6 nitrogen and oxygen atoms in total. The standard InChI is InChI=1S/C16H15N3O3/c1-20-10-5-6-13-11(7-10)16(17)19(9-18-13)14-3-2-4-15-12(14)8-21-22-15/h2-7H,8-9,17H2,1H3. The molecular formula is C16H15N3O3. The number of hydrogen-bond acceptors (Lipinski definition) is 6. The Morgan fingerprint density at radius 2 is 2.18 bits per heavy atom. The quantitative estimate of drug-likeness (QED) is 0.824. The smallest absolute Gasteiger partial charge is 0.173 e. The number of anilines is 1. The van der Waals surface area contributed by atoms with Gasteiger partial charge in [-0.25, -0.2) is 0 Å². The predicted octanol–water partition coefficient (Wildman–Crippen LogP) is 0.641. The van der Waals surface area contributed by atoms with Gasteiger partial charge < -0.3 is 20.3 Å². The Morgan fingerprint density at radius 1 is 1.27 bits per heavy atom. The van der Waals surface area contributed by atoms with Crippen LogP contribution in [0.2, 0.25) is 0 Å². The van der Waals surface area contributed by atoms with Crippen molar-refractivity contribution in [3.63, 3.8) is 0 Å². The van der Waals surface area contributed by atoms with E-state index in [1.807, 2.05) is 41.3 Å². The van der Waals surface area contributed by atoms with Gasteiger partial charge in [0.05, 0.1) is 23.7 Å². The highest BCUT2D eigenvalue weighted by molar-refractivity contribution is 5.72. The molecule has 2 aromatic carbocycles. The van der Waals surface area contributed by atoms with Crippen LogP contribution in [0.5, 0.6) is 11.5 Å². The van der Waals surface area contributed by atoms with Crippen LogP contribution in [0.3, 0.4) is 0 Å². The summed E-state index contributed by atoms with van der Waals surface area (Å²) in [6, 6.07) is 11.5. The monoisotopic (exact) mass is 297 g/mol. The lowest BCUT2D eigenvalue weighted by Crippen LogP contribution is -2.44. The fraction of sp³-hybridized carbons (Fsp3) is 0.188. The van der Waals surface area contributed by atoms with Gasteiger partial charge in [0.15, 0.2) is 5.75 Å². The van der Waals surface area contributed by atoms with Crippen molar-refractivity contribution >= 4 is 11.5 Å². The van der Waals surface area contributed by atoms with E-state index in [1.54, 1.807) is 7.11 Å². The summed E-state index contributed by atoms with van der Waals surface area (Å²) in [7, 11) is 1.63. The molecule has 0 fully saturated rings. The van der Waals surface area contributed by atoms with Gasteiger partial charge >= 0.3 is 0 Å². The highest BCUT2D eigenvalue weighted by Gasteiger charge is 2.23. The summed E-state index contributed by atoms with van der Waals surface area (Å²) in [6.07, 6.45) is 0. The number of fused-ring (bicyclic) bond motifs is 2. The number of methoxy groups -OCH3 is 1. The molecule has 0 saturated carbocycles. The Balaban J connectivity index is 1.88. The van der Waals surface area contributed by atoms with E-state index in [2.05, 4.69) is 4.99 Å². The molecule has 0 aliphatic carbocycles. The number of rotatable bonds is 2. The van der Waals surface area contributed by atoms with Gasteiger partial charge in [-0.1, -0.05) is 6.07 Å². The number of hydrogen-bond donors (Lipinski definition) is 1. The molecule has 0 amide bonds. The maximum absolute atomic E-state index is 6.39. The first kappa shape index (κ1) is 13.0. The molecule has 2 heterocycles. The van der Waals surface area contributed by atoms with Crippen LogP contribution in [0.1, 0.15) is 5.56 Å². The third kappa shape index (κ3) is 1.88. The van der Waals surface area contributed by atoms with Crippen LogP contribution in [-0.2, 0) is 11.5 Å². The summed E-state index contributed by atoms with van der Waals surface area (Å²) in [4.78, 5) is 16.8. The third-order valence-corrected chi connectivity index (χ3v) is 3.90. The molecule has 4 rings (SSSR count). The molecule has 0 aromatic heterocycles. The topological polar surface area (TPSA) is 69.3 Å². The summed E-state index contributed by atoms with van der Waals surface area (Å²) in [6.45, 7) is 0.863. The Kier molecular flexibility index (Phi) is 2.90. The van der Waals surface area contributed by atoms with E-state index in [0.717, 1.165) is 33.3 Å². The number of nitrogens with two attached hydrogens (primary N) is 1. The Hall–Kier alpha value is -2.73. The van der Waals surface area contributed by atoms with Gasteiger partial charge in [-0.2, -0.15) is 4.89 Å². The fourth-order valence-corrected chi connectivity index (χ4v) is 2.74. The van der Waals surface area contributed by atoms with Crippen LogP contribution >= 0.6 is 0 Å². The van der Waals surface area contributed by atoms with Crippen LogP contribution in [0.25, 0.3) is 5.82 Å². The highest BCUT2D eigenvalue weighted by Crippen LogP contribution is 2.35. The van der Waals surface area contributed by atoms with E-state index in [1.165, 1.54) is 0 Å².